The molecule has 0 aliphatic heterocycles. The number of halogens is 2. The van der Waals surface area contributed by atoms with Crippen LogP contribution in [-0.4, -0.2) is 0 Å². The maximum Gasteiger partial charge on any atom is 4.00 e. The SMILES string of the molecule is C=C.CC(C)(C)C1=CC[C-]=C1.CC(C)(C)C1=CC[C-]=C1.[Cl-].[Cl-].[Hf+4]. The Morgan fingerprint density at radius 2 is 1.00 bits per heavy atom. The minimum absolute atomic E-state index is 0. The fourth-order valence-corrected chi connectivity index (χ4v) is 1.84. The fraction of sp³-hybridized carbons (Fsp3) is 0.500. The van der Waals surface area contributed by atoms with Gasteiger partial charge >= 0.3 is 25.8 Å². The predicted molar refractivity (Wildman–Crippen MR) is 91.2 cm³/mol. The van der Waals surface area contributed by atoms with Crippen LogP contribution in [0.5, 0.6) is 0 Å². The van der Waals surface area contributed by atoms with Crippen LogP contribution in [0.1, 0.15) is 54.4 Å². The molecule has 0 atom stereocenters. The maximum atomic E-state index is 3.16. The molecular formula is C20H30Cl2Hf. The first kappa shape index (κ1) is 31.0. The average Bonchev–Trinajstić information content (AvgIpc) is 3.04. The van der Waals surface area contributed by atoms with Crippen molar-refractivity contribution < 1.29 is 50.7 Å². The Kier molecular flexibility index (Phi) is 19.5. The third kappa shape index (κ3) is 13.2. The van der Waals surface area contributed by atoms with Crippen molar-refractivity contribution in [2.45, 2.75) is 54.4 Å². The van der Waals surface area contributed by atoms with Gasteiger partial charge < -0.3 is 24.8 Å². The van der Waals surface area contributed by atoms with Gasteiger partial charge in [0.15, 0.2) is 0 Å². The molecule has 0 saturated carbocycles. The second kappa shape index (κ2) is 14.5. The van der Waals surface area contributed by atoms with E-state index in [-0.39, 0.29) is 50.7 Å². The van der Waals surface area contributed by atoms with Gasteiger partial charge in [-0.3, -0.25) is 12.2 Å². The van der Waals surface area contributed by atoms with Crippen LogP contribution in [0.25, 0.3) is 0 Å². The molecule has 2 aliphatic rings. The predicted octanol–water partition coefficient (Wildman–Crippen LogP) is 0.252. The second-order valence-electron chi connectivity index (χ2n) is 6.92. The molecule has 0 fully saturated rings. The second-order valence-corrected chi connectivity index (χ2v) is 6.92. The standard InChI is InChI=1S/2C9H13.C2H4.2ClH.Hf/c2*1-9(2,3)8-6-4-5-7-8;1-2;;;/h2*6-7H,4H2,1-3H3;1-2H2;2*1H;/q2*-1;;;;+4/p-2. The zero-order chi connectivity index (χ0) is 15.8. The molecular weight excluding hydrogens is 490 g/mol. The van der Waals surface area contributed by atoms with Gasteiger partial charge in [0.25, 0.3) is 0 Å². The summed E-state index contributed by atoms with van der Waals surface area (Å²) in [6.45, 7) is 19.3. The van der Waals surface area contributed by atoms with Crippen LogP contribution < -0.4 is 24.8 Å². The molecule has 0 heterocycles. The molecule has 0 aromatic rings. The topological polar surface area (TPSA) is 0 Å². The summed E-state index contributed by atoms with van der Waals surface area (Å²) in [6, 6.07) is 0. The van der Waals surface area contributed by atoms with Gasteiger partial charge in [0.2, 0.25) is 0 Å². The van der Waals surface area contributed by atoms with Gasteiger partial charge in [-0.15, -0.1) is 26.0 Å². The first-order valence-electron chi connectivity index (χ1n) is 7.26. The fourth-order valence-electron chi connectivity index (χ4n) is 1.84. The molecule has 0 bridgehead atoms. The monoisotopic (exact) mass is 520 g/mol. The molecule has 3 heteroatoms. The van der Waals surface area contributed by atoms with E-state index in [9.17, 15) is 0 Å². The number of rotatable bonds is 0. The van der Waals surface area contributed by atoms with Crippen LogP contribution in [0.3, 0.4) is 0 Å². The molecule has 0 N–H and O–H groups in total. The Labute approximate surface area is 175 Å². The normalized spacial score (nSPS) is 14.5. The molecule has 0 aromatic heterocycles. The molecule has 0 unspecified atom stereocenters. The minimum atomic E-state index is 0. The Morgan fingerprint density at radius 1 is 0.739 bits per heavy atom. The first-order valence-corrected chi connectivity index (χ1v) is 7.26. The van der Waals surface area contributed by atoms with Crippen molar-refractivity contribution in [2.24, 2.45) is 10.8 Å². The number of allylic oxidation sites excluding steroid dienone is 8. The third-order valence-electron chi connectivity index (χ3n) is 3.13. The van der Waals surface area contributed by atoms with Gasteiger partial charge in [-0.2, -0.15) is 23.3 Å². The Morgan fingerprint density at radius 3 is 1.09 bits per heavy atom. The summed E-state index contributed by atoms with van der Waals surface area (Å²) in [5.74, 6) is 0. The summed E-state index contributed by atoms with van der Waals surface area (Å²) in [7, 11) is 0. The van der Waals surface area contributed by atoms with Crippen molar-refractivity contribution >= 4 is 0 Å². The van der Waals surface area contributed by atoms with E-state index in [4.69, 9.17) is 0 Å². The zero-order valence-electron chi connectivity index (χ0n) is 15.4. The van der Waals surface area contributed by atoms with E-state index in [0.717, 1.165) is 12.8 Å². The zero-order valence-corrected chi connectivity index (χ0v) is 20.5. The summed E-state index contributed by atoms with van der Waals surface area (Å²) >= 11 is 0. The van der Waals surface area contributed by atoms with Gasteiger partial charge in [-0.25, -0.2) is 12.2 Å². The smallest absolute Gasteiger partial charge is 1.00 e. The van der Waals surface area contributed by atoms with Crippen molar-refractivity contribution in [3.63, 3.8) is 0 Å². The van der Waals surface area contributed by atoms with Gasteiger partial charge in [0.05, 0.1) is 0 Å². The van der Waals surface area contributed by atoms with Crippen molar-refractivity contribution in [1.82, 2.24) is 0 Å². The number of hydrogen-bond donors (Lipinski definition) is 0. The van der Waals surface area contributed by atoms with E-state index in [1.165, 1.54) is 11.1 Å². The quantitative estimate of drug-likeness (QED) is 0.245. The van der Waals surface area contributed by atoms with Crippen molar-refractivity contribution in [2.75, 3.05) is 0 Å². The van der Waals surface area contributed by atoms with Crippen molar-refractivity contribution in [1.29, 1.82) is 0 Å². The van der Waals surface area contributed by atoms with Gasteiger partial charge in [-0.1, -0.05) is 52.4 Å². The van der Waals surface area contributed by atoms with Gasteiger partial charge in [-0.05, 0) is 0 Å². The maximum absolute atomic E-state index is 3.16. The van der Waals surface area contributed by atoms with Crippen LogP contribution in [0.15, 0.2) is 48.6 Å². The van der Waals surface area contributed by atoms with E-state index in [1.807, 2.05) is 0 Å². The summed E-state index contributed by atoms with van der Waals surface area (Å²) in [4.78, 5) is 0. The molecule has 2 rings (SSSR count). The van der Waals surface area contributed by atoms with Gasteiger partial charge in [0, 0.05) is 0 Å². The van der Waals surface area contributed by atoms with E-state index in [0.29, 0.717) is 10.8 Å². The third-order valence-corrected chi connectivity index (χ3v) is 3.13. The molecule has 0 spiro atoms. The molecule has 0 saturated heterocycles. The molecule has 0 aromatic carbocycles. The van der Waals surface area contributed by atoms with Crippen molar-refractivity contribution in [3.05, 3.63) is 60.8 Å². The van der Waals surface area contributed by atoms with Crippen LogP contribution in [0.4, 0.5) is 0 Å². The average molecular weight is 520 g/mol. The Bertz CT molecular complexity index is 376. The van der Waals surface area contributed by atoms with E-state index >= 15 is 0 Å². The minimum Gasteiger partial charge on any atom is -1.00 e. The van der Waals surface area contributed by atoms with E-state index < -0.39 is 0 Å². The Hall–Kier alpha value is 0.150. The van der Waals surface area contributed by atoms with Gasteiger partial charge in [0.1, 0.15) is 0 Å². The molecule has 23 heavy (non-hydrogen) atoms. The van der Waals surface area contributed by atoms with Crippen molar-refractivity contribution in [3.8, 4) is 0 Å². The van der Waals surface area contributed by atoms with Crippen LogP contribution in [-0.2, 0) is 25.8 Å². The molecule has 128 valence electrons. The summed E-state index contributed by atoms with van der Waals surface area (Å²) in [5, 5.41) is 0. The van der Waals surface area contributed by atoms with Crippen LogP contribution in [0, 0.1) is 23.0 Å². The largest absolute Gasteiger partial charge is 4.00 e. The summed E-state index contributed by atoms with van der Waals surface area (Å²) in [6.07, 6.45) is 17.0. The van der Waals surface area contributed by atoms with E-state index in [1.54, 1.807) is 0 Å². The summed E-state index contributed by atoms with van der Waals surface area (Å²) < 4.78 is 0. The molecule has 2 aliphatic carbocycles. The molecule has 0 amide bonds. The number of hydrogen-bond acceptors (Lipinski definition) is 0. The van der Waals surface area contributed by atoms with Crippen LogP contribution in [0.2, 0.25) is 0 Å². The Balaban J connectivity index is -0.000000127. The van der Waals surface area contributed by atoms with E-state index in [2.05, 4.69) is 91.2 Å². The van der Waals surface area contributed by atoms with Crippen LogP contribution >= 0.6 is 0 Å². The first-order chi connectivity index (χ1) is 9.21. The molecule has 0 radical (unpaired) electrons. The molecule has 0 nitrogen and oxygen atoms in total. The summed E-state index contributed by atoms with van der Waals surface area (Å²) in [5.41, 5.74) is 3.48.